The van der Waals surface area contributed by atoms with Crippen molar-refractivity contribution in [1.82, 2.24) is 0 Å². The van der Waals surface area contributed by atoms with E-state index < -0.39 is 0 Å². The first kappa shape index (κ1) is 15.0. The van der Waals surface area contributed by atoms with Gasteiger partial charge in [-0.3, -0.25) is 0 Å². The van der Waals surface area contributed by atoms with Crippen LogP contribution in [0.15, 0.2) is 36.4 Å². The average molecular weight is 304 g/mol. The number of hydrogen-bond acceptors (Lipinski definition) is 0. The van der Waals surface area contributed by atoms with Gasteiger partial charge in [0, 0.05) is 5.41 Å². The van der Waals surface area contributed by atoms with E-state index in [2.05, 4.69) is 64.1 Å². The maximum Gasteiger partial charge on any atom is 0.0215 e. The minimum Gasteiger partial charge on any atom is -0.0613 e. The number of benzene rings is 2. The Hall–Kier alpha value is -1.56. The molecule has 0 heteroatoms. The zero-order chi connectivity index (χ0) is 16.2. The van der Waals surface area contributed by atoms with Gasteiger partial charge < -0.3 is 0 Å². The van der Waals surface area contributed by atoms with Crippen LogP contribution in [0, 0.1) is 0 Å². The topological polar surface area (TPSA) is 0 Å². The van der Waals surface area contributed by atoms with Crippen LogP contribution in [0.2, 0.25) is 0 Å². The average Bonchev–Trinajstić information content (AvgIpc) is 3.12. The summed E-state index contributed by atoms with van der Waals surface area (Å²) in [6.45, 7) is 9.25. The molecule has 2 aliphatic rings. The summed E-state index contributed by atoms with van der Waals surface area (Å²) in [5.74, 6) is 0. The zero-order valence-corrected chi connectivity index (χ0v) is 15.0. The predicted octanol–water partition coefficient (Wildman–Crippen LogP) is 6.39. The number of rotatable bonds is 1. The zero-order valence-electron chi connectivity index (χ0n) is 15.0. The summed E-state index contributed by atoms with van der Waals surface area (Å²) < 4.78 is 0. The van der Waals surface area contributed by atoms with E-state index in [-0.39, 0.29) is 5.41 Å². The third-order valence-corrected chi connectivity index (χ3v) is 6.16. The fourth-order valence-electron chi connectivity index (χ4n) is 4.75. The normalized spacial score (nSPS) is 18.3. The van der Waals surface area contributed by atoms with Gasteiger partial charge in [-0.1, -0.05) is 76.9 Å². The van der Waals surface area contributed by atoms with Crippen LogP contribution in [0.5, 0.6) is 0 Å². The fourth-order valence-corrected chi connectivity index (χ4v) is 4.75. The van der Waals surface area contributed by atoms with Crippen LogP contribution in [0.3, 0.4) is 0 Å². The van der Waals surface area contributed by atoms with E-state index in [0.717, 1.165) is 6.42 Å². The van der Waals surface area contributed by atoms with Gasteiger partial charge in [0.2, 0.25) is 0 Å². The number of aryl methyl sites for hydroxylation is 1. The highest BCUT2D eigenvalue weighted by molar-refractivity contribution is 5.82. The Morgan fingerprint density at radius 1 is 0.870 bits per heavy atom. The lowest BCUT2D eigenvalue weighted by Crippen LogP contribution is -2.22. The molecule has 120 valence electrons. The maximum absolute atomic E-state index is 2.53. The van der Waals surface area contributed by atoms with Crippen molar-refractivity contribution in [2.45, 2.75) is 70.6 Å². The molecule has 23 heavy (non-hydrogen) atoms. The molecule has 0 bridgehead atoms. The highest BCUT2D eigenvalue weighted by Crippen LogP contribution is 2.57. The molecule has 4 rings (SSSR count). The van der Waals surface area contributed by atoms with Gasteiger partial charge in [0.05, 0.1) is 0 Å². The van der Waals surface area contributed by atoms with E-state index >= 15 is 0 Å². The van der Waals surface area contributed by atoms with Crippen LogP contribution in [0.1, 0.15) is 75.6 Å². The molecule has 0 aromatic heterocycles. The van der Waals surface area contributed by atoms with Gasteiger partial charge in [0.1, 0.15) is 0 Å². The molecule has 0 aliphatic heterocycles. The minimum atomic E-state index is 0.220. The molecule has 0 atom stereocenters. The third kappa shape index (κ3) is 2.11. The lowest BCUT2D eigenvalue weighted by molar-refractivity contribution is 0.542. The SMILES string of the molecule is CCc1ccc2c(c1)C1(CCCC1)c1cc(C(C)(C)C)ccc1-2. The van der Waals surface area contributed by atoms with Crippen molar-refractivity contribution >= 4 is 0 Å². The van der Waals surface area contributed by atoms with Crippen molar-refractivity contribution in [3.63, 3.8) is 0 Å². The second-order valence-corrected chi connectivity index (χ2v) is 8.53. The summed E-state index contributed by atoms with van der Waals surface area (Å²) in [4.78, 5) is 0. The monoisotopic (exact) mass is 304 g/mol. The van der Waals surface area contributed by atoms with Crippen LogP contribution >= 0.6 is 0 Å². The Balaban J connectivity index is 1.97. The van der Waals surface area contributed by atoms with Crippen LogP contribution in [0.25, 0.3) is 11.1 Å². The fraction of sp³-hybridized carbons (Fsp3) is 0.478. The number of hydrogen-bond donors (Lipinski definition) is 0. The second kappa shape index (κ2) is 4.97. The summed E-state index contributed by atoms with van der Waals surface area (Å²) >= 11 is 0. The van der Waals surface area contributed by atoms with E-state index in [9.17, 15) is 0 Å². The van der Waals surface area contributed by atoms with E-state index in [1.807, 2.05) is 0 Å². The van der Waals surface area contributed by atoms with Gasteiger partial charge in [-0.25, -0.2) is 0 Å². The van der Waals surface area contributed by atoms with Crippen molar-refractivity contribution in [1.29, 1.82) is 0 Å². The second-order valence-electron chi connectivity index (χ2n) is 8.53. The van der Waals surface area contributed by atoms with E-state index in [0.29, 0.717) is 5.41 Å². The van der Waals surface area contributed by atoms with Gasteiger partial charge >= 0.3 is 0 Å². The molecule has 1 saturated carbocycles. The Labute approximate surface area is 140 Å². The first-order valence-corrected chi connectivity index (χ1v) is 9.24. The molecule has 0 nitrogen and oxygen atoms in total. The summed E-state index contributed by atoms with van der Waals surface area (Å²) in [6.07, 6.45) is 6.53. The molecule has 1 fully saturated rings. The number of fused-ring (bicyclic) bond motifs is 5. The summed E-state index contributed by atoms with van der Waals surface area (Å²) in [5, 5.41) is 0. The Bertz CT molecular complexity index is 752. The lowest BCUT2D eigenvalue weighted by Gasteiger charge is -2.29. The Morgan fingerprint density at radius 3 is 2.09 bits per heavy atom. The van der Waals surface area contributed by atoms with Gasteiger partial charge in [0.15, 0.2) is 0 Å². The van der Waals surface area contributed by atoms with Crippen LogP contribution < -0.4 is 0 Å². The Kier molecular flexibility index (Phi) is 3.24. The van der Waals surface area contributed by atoms with E-state index in [1.54, 1.807) is 11.1 Å². The summed E-state index contributed by atoms with van der Waals surface area (Å²) in [5.41, 5.74) is 9.72. The molecule has 0 radical (unpaired) electrons. The largest absolute Gasteiger partial charge is 0.0613 e. The third-order valence-electron chi connectivity index (χ3n) is 6.16. The standard InChI is InChI=1S/C23H28/c1-5-16-8-10-18-19-11-9-17(22(2,3)4)15-21(19)23(20(18)14-16)12-6-7-13-23/h8-11,14-15H,5-7,12-13H2,1-4H3. The van der Waals surface area contributed by atoms with E-state index in [1.165, 1.54) is 47.9 Å². The molecule has 2 aliphatic carbocycles. The highest BCUT2D eigenvalue weighted by Gasteiger charge is 2.45. The molecular weight excluding hydrogens is 276 g/mol. The van der Waals surface area contributed by atoms with Crippen molar-refractivity contribution in [2.24, 2.45) is 0 Å². The van der Waals surface area contributed by atoms with Crippen molar-refractivity contribution in [2.75, 3.05) is 0 Å². The van der Waals surface area contributed by atoms with Crippen molar-refractivity contribution < 1.29 is 0 Å². The molecule has 0 saturated heterocycles. The van der Waals surface area contributed by atoms with Gasteiger partial charge in [-0.15, -0.1) is 0 Å². The van der Waals surface area contributed by atoms with Crippen LogP contribution in [0.4, 0.5) is 0 Å². The minimum absolute atomic E-state index is 0.220. The van der Waals surface area contributed by atoms with Gasteiger partial charge in [-0.2, -0.15) is 0 Å². The summed E-state index contributed by atoms with van der Waals surface area (Å²) in [6, 6.07) is 14.5. The van der Waals surface area contributed by atoms with Crippen LogP contribution in [-0.2, 0) is 17.3 Å². The molecule has 2 aromatic rings. The van der Waals surface area contributed by atoms with Crippen molar-refractivity contribution in [3.05, 3.63) is 58.7 Å². The molecule has 0 amide bonds. The van der Waals surface area contributed by atoms with Crippen LogP contribution in [-0.4, -0.2) is 0 Å². The smallest absolute Gasteiger partial charge is 0.0215 e. The molecule has 1 spiro atoms. The van der Waals surface area contributed by atoms with Gasteiger partial charge in [-0.05, 0) is 58.1 Å². The first-order chi connectivity index (χ1) is 11.0. The molecular formula is C23H28. The molecule has 2 aromatic carbocycles. The molecule has 0 heterocycles. The Morgan fingerprint density at radius 2 is 1.48 bits per heavy atom. The summed E-state index contributed by atoms with van der Waals surface area (Å²) in [7, 11) is 0. The quantitative estimate of drug-likeness (QED) is 0.573. The molecule has 0 N–H and O–H groups in total. The lowest BCUT2D eigenvalue weighted by atomic mass is 9.74. The first-order valence-electron chi connectivity index (χ1n) is 9.24. The highest BCUT2D eigenvalue weighted by atomic mass is 14.5. The van der Waals surface area contributed by atoms with E-state index in [4.69, 9.17) is 0 Å². The maximum atomic E-state index is 2.53. The van der Waals surface area contributed by atoms with Gasteiger partial charge in [0.25, 0.3) is 0 Å². The van der Waals surface area contributed by atoms with Crippen molar-refractivity contribution in [3.8, 4) is 11.1 Å². The predicted molar refractivity (Wildman–Crippen MR) is 99.2 cm³/mol. The molecule has 0 unspecified atom stereocenters.